The monoisotopic (exact) mass is 325 g/mol. The third-order valence-electron chi connectivity index (χ3n) is 3.51. The second-order valence-corrected chi connectivity index (χ2v) is 6.78. The zero-order chi connectivity index (χ0) is 16.3. The summed E-state index contributed by atoms with van der Waals surface area (Å²) in [5, 5.41) is 17.5. The van der Waals surface area contributed by atoms with Gasteiger partial charge in [-0.25, -0.2) is 13.6 Å². The number of carbonyl (C=O) groups excluding carboxylic acids is 1. The fourth-order valence-electron chi connectivity index (χ4n) is 2.50. The number of anilines is 1. The van der Waals surface area contributed by atoms with Crippen LogP contribution in [0.4, 0.5) is 5.69 Å². The molecule has 0 atom stereocenters. The van der Waals surface area contributed by atoms with Gasteiger partial charge in [-0.05, 0) is 31.0 Å². The van der Waals surface area contributed by atoms with E-state index in [1.807, 2.05) is 0 Å². The number of guanidine groups is 1. The van der Waals surface area contributed by atoms with Crippen LogP contribution >= 0.6 is 0 Å². The van der Waals surface area contributed by atoms with Crippen LogP contribution in [0.3, 0.4) is 0 Å². The molecule has 0 aromatic heterocycles. The zero-order valence-corrected chi connectivity index (χ0v) is 12.7. The van der Waals surface area contributed by atoms with Crippen LogP contribution in [0.1, 0.15) is 36.0 Å². The average Bonchev–Trinajstić information content (AvgIpc) is 2.90. The molecule has 0 bridgehead atoms. The second kappa shape index (κ2) is 6.32. The first kappa shape index (κ1) is 16.2. The molecule has 0 unspecified atom stereocenters. The fraction of sp³-hybridized carbons (Fsp3) is 0.385. The van der Waals surface area contributed by atoms with Crippen LogP contribution in [0.2, 0.25) is 0 Å². The van der Waals surface area contributed by atoms with Crippen LogP contribution in [-0.2, 0) is 10.0 Å². The lowest BCUT2D eigenvalue weighted by Crippen LogP contribution is -2.35. The van der Waals surface area contributed by atoms with Crippen LogP contribution < -0.4 is 21.5 Å². The van der Waals surface area contributed by atoms with E-state index in [4.69, 9.17) is 16.3 Å². The average molecular weight is 325 g/mol. The van der Waals surface area contributed by atoms with E-state index in [0.29, 0.717) is 5.69 Å². The molecule has 1 aliphatic carbocycles. The summed E-state index contributed by atoms with van der Waals surface area (Å²) < 4.78 is 23.5. The highest BCUT2D eigenvalue weighted by Crippen LogP contribution is 2.27. The molecule has 120 valence electrons. The Morgan fingerprint density at radius 3 is 2.45 bits per heavy atom. The molecular weight excluding hydrogens is 306 g/mol. The van der Waals surface area contributed by atoms with E-state index in [0.717, 1.165) is 25.7 Å². The Labute approximate surface area is 128 Å². The maximum absolute atomic E-state index is 11.8. The standard InChI is InChI=1S/C13H19N5O3S/c14-13(15)18-12(19)8-5-6-10(11(7-8)22(16,20)21)17-9-3-1-2-4-9/h5-7,9,17H,1-4H2,(H2,16,20,21)(H4,14,15,18,19). The van der Waals surface area contributed by atoms with Crippen molar-refractivity contribution in [2.45, 2.75) is 36.6 Å². The van der Waals surface area contributed by atoms with Crippen molar-refractivity contribution < 1.29 is 13.2 Å². The molecular formula is C13H19N5O3S. The normalized spacial score (nSPS) is 15.5. The van der Waals surface area contributed by atoms with E-state index in [2.05, 4.69) is 10.6 Å². The molecule has 1 aliphatic rings. The number of hydrogen-bond donors (Lipinski definition) is 5. The molecule has 1 amide bonds. The Hall–Kier alpha value is -2.13. The summed E-state index contributed by atoms with van der Waals surface area (Å²) >= 11 is 0. The van der Waals surface area contributed by atoms with Gasteiger partial charge in [0.25, 0.3) is 5.91 Å². The minimum atomic E-state index is -3.99. The highest BCUT2D eigenvalue weighted by molar-refractivity contribution is 7.89. The molecule has 0 saturated heterocycles. The quantitative estimate of drug-likeness (QED) is 0.398. The Morgan fingerprint density at radius 1 is 1.27 bits per heavy atom. The van der Waals surface area contributed by atoms with Gasteiger partial charge in [0.2, 0.25) is 10.0 Å². The van der Waals surface area contributed by atoms with Crippen molar-refractivity contribution in [1.82, 2.24) is 5.32 Å². The molecule has 8 nitrogen and oxygen atoms in total. The number of amides is 1. The second-order valence-electron chi connectivity index (χ2n) is 5.25. The molecule has 7 N–H and O–H groups in total. The third-order valence-corrected chi connectivity index (χ3v) is 4.46. The first-order chi connectivity index (χ1) is 10.3. The van der Waals surface area contributed by atoms with E-state index in [-0.39, 0.29) is 16.5 Å². The molecule has 1 aromatic carbocycles. The van der Waals surface area contributed by atoms with Crippen LogP contribution in [0, 0.1) is 5.41 Å². The van der Waals surface area contributed by atoms with Crippen molar-refractivity contribution in [2.75, 3.05) is 5.32 Å². The minimum absolute atomic E-state index is 0.0659. The molecule has 2 rings (SSSR count). The Balaban J connectivity index is 2.34. The van der Waals surface area contributed by atoms with E-state index in [1.165, 1.54) is 18.2 Å². The number of rotatable bonds is 4. The van der Waals surface area contributed by atoms with Gasteiger partial charge in [-0.1, -0.05) is 12.8 Å². The largest absolute Gasteiger partial charge is 0.381 e. The summed E-state index contributed by atoms with van der Waals surface area (Å²) in [6.07, 6.45) is 4.14. The molecule has 0 spiro atoms. The zero-order valence-electron chi connectivity index (χ0n) is 11.9. The van der Waals surface area contributed by atoms with Crippen LogP contribution in [0.15, 0.2) is 23.1 Å². The van der Waals surface area contributed by atoms with Crippen molar-refractivity contribution in [1.29, 1.82) is 5.41 Å². The molecule has 0 radical (unpaired) electrons. The summed E-state index contributed by atoms with van der Waals surface area (Å²) in [4.78, 5) is 11.7. The van der Waals surface area contributed by atoms with Gasteiger partial charge in [-0.15, -0.1) is 0 Å². The minimum Gasteiger partial charge on any atom is -0.381 e. The predicted octanol–water partition coefficient (Wildman–Crippen LogP) is 0.312. The van der Waals surface area contributed by atoms with Crippen molar-refractivity contribution in [3.8, 4) is 0 Å². The van der Waals surface area contributed by atoms with Crippen molar-refractivity contribution in [3.63, 3.8) is 0 Å². The van der Waals surface area contributed by atoms with E-state index in [9.17, 15) is 13.2 Å². The molecule has 0 aliphatic heterocycles. The van der Waals surface area contributed by atoms with Gasteiger partial charge < -0.3 is 11.1 Å². The topological polar surface area (TPSA) is 151 Å². The summed E-state index contributed by atoms with van der Waals surface area (Å²) in [7, 11) is -3.99. The summed E-state index contributed by atoms with van der Waals surface area (Å²) in [6.45, 7) is 0. The predicted molar refractivity (Wildman–Crippen MR) is 83.1 cm³/mol. The summed E-state index contributed by atoms with van der Waals surface area (Å²) in [5.41, 5.74) is 5.54. The van der Waals surface area contributed by atoms with Crippen LogP contribution in [0.25, 0.3) is 0 Å². The molecule has 22 heavy (non-hydrogen) atoms. The number of benzene rings is 1. The Kier molecular flexibility index (Phi) is 4.67. The van der Waals surface area contributed by atoms with Gasteiger partial charge in [0.05, 0.1) is 5.69 Å². The number of nitrogens with one attached hydrogen (secondary N) is 3. The smallest absolute Gasteiger partial charge is 0.257 e. The first-order valence-electron chi connectivity index (χ1n) is 6.86. The van der Waals surface area contributed by atoms with Gasteiger partial charge in [-0.3, -0.25) is 15.5 Å². The van der Waals surface area contributed by atoms with Gasteiger partial charge in [-0.2, -0.15) is 0 Å². The highest BCUT2D eigenvalue weighted by atomic mass is 32.2. The first-order valence-corrected chi connectivity index (χ1v) is 8.41. The van der Waals surface area contributed by atoms with Gasteiger partial charge in [0.1, 0.15) is 4.90 Å². The fourth-order valence-corrected chi connectivity index (χ4v) is 3.23. The molecule has 9 heteroatoms. The molecule has 1 fully saturated rings. The van der Waals surface area contributed by atoms with Crippen LogP contribution in [-0.4, -0.2) is 26.3 Å². The highest BCUT2D eigenvalue weighted by Gasteiger charge is 2.21. The Bertz CT molecular complexity index is 696. The van der Waals surface area contributed by atoms with Crippen LogP contribution in [0.5, 0.6) is 0 Å². The SMILES string of the molecule is N=C(N)NC(=O)c1ccc(NC2CCCC2)c(S(N)(=O)=O)c1. The molecule has 1 saturated carbocycles. The summed E-state index contributed by atoms with van der Waals surface area (Å²) in [6, 6.07) is 4.36. The van der Waals surface area contributed by atoms with E-state index < -0.39 is 21.9 Å². The lowest BCUT2D eigenvalue weighted by atomic mass is 10.1. The van der Waals surface area contributed by atoms with Gasteiger partial charge >= 0.3 is 0 Å². The van der Waals surface area contributed by atoms with Crippen molar-refractivity contribution in [3.05, 3.63) is 23.8 Å². The number of primary sulfonamides is 1. The number of sulfonamides is 1. The van der Waals surface area contributed by atoms with Gasteiger partial charge in [0, 0.05) is 11.6 Å². The third kappa shape index (κ3) is 3.95. The van der Waals surface area contributed by atoms with E-state index in [1.54, 1.807) is 0 Å². The number of hydrogen-bond acceptors (Lipinski definition) is 5. The maximum atomic E-state index is 11.8. The van der Waals surface area contributed by atoms with Crippen molar-refractivity contribution >= 4 is 27.6 Å². The Morgan fingerprint density at radius 2 is 1.91 bits per heavy atom. The van der Waals surface area contributed by atoms with Crippen molar-refractivity contribution in [2.24, 2.45) is 10.9 Å². The van der Waals surface area contributed by atoms with E-state index >= 15 is 0 Å². The molecule has 1 aromatic rings. The lowest BCUT2D eigenvalue weighted by molar-refractivity contribution is 0.0976. The summed E-state index contributed by atoms with van der Waals surface area (Å²) in [5.74, 6) is -1.18. The maximum Gasteiger partial charge on any atom is 0.257 e. The number of carbonyl (C=O) groups is 1. The molecule has 0 heterocycles. The van der Waals surface area contributed by atoms with Gasteiger partial charge in [0.15, 0.2) is 5.96 Å². The number of nitrogens with two attached hydrogens (primary N) is 2. The lowest BCUT2D eigenvalue weighted by Gasteiger charge is -2.17.